The van der Waals surface area contributed by atoms with Gasteiger partial charge in [-0.15, -0.1) is 17.8 Å². The molecular formula is C21H17N3O5S. The smallest absolute Gasteiger partial charge is 0.281 e. The van der Waals surface area contributed by atoms with Crippen molar-refractivity contribution in [2.75, 3.05) is 13.2 Å². The molecule has 30 heavy (non-hydrogen) atoms. The fourth-order valence-electron chi connectivity index (χ4n) is 2.59. The number of carbonyl (C=O) groups is 1. The van der Waals surface area contributed by atoms with E-state index < -0.39 is 10.8 Å². The van der Waals surface area contributed by atoms with E-state index in [9.17, 15) is 14.9 Å². The standard InChI is InChI=1S/C21H17N3O5S/c1-3-9-29-17-7-5-14(10-18(17)28-4-2)13-22-23-21(25)20-12-15-11-16(24(26)27)6-8-19(15)30-20/h1,5-8,10-13H,4,9H2,2H3,(H,23,25)/b22-13-. The first-order valence-corrected chi connectivity index (χ1v) is 9.68. The van der Waals surface area contributed by atoms with E-state index >= 15 is 0 Å². The Hall–Kier alpha value is -3.90. The topological polar surface area (TPSA) is 103 Å². The van der Waals surface area contributed by atoms with Gasteiger partial charge in [-0.05, 0) is 42.8 Å². The minimum absolute atomic E-state index is 0.0231. The Bertz CT molecular complexity index is 1160. The summed E-state index contributed by atoms with van der Waals surface area (Å²) in [6.07, 6.45) is 6.69. The summed E-state index contributed by atoms with van der Waals surface area (Å²) in [7, 11) is 0. The first-order chi connectivity index (χ1) is 14.5. The lowest BCUT2D eigenvalue weighted by Gasteiger charge is -2.10. The first-order valence-electron chi connectivity index (χ1n) is 8.86. The van der Waals surface area contributed by atoms with Crippen LogP contribution in [0.25, 0.3) is 10.1 Å². The molecule has 2 aromatic carbocycles. The number of fused-ring (bicyclic) bond motifs is 1. The van der Waals surface area contributed by atoms with E-state index in [4.69, 9.17) is 15.9 Å². The number of amides is 1. The molecule has 1 N–H and O–H groups in total. The normalized spacial score (nSPS) is 10.7. The van der Waals surface area contributed by atoms with Crippen molar-refractivity contribution in [1.82, 2.24) is 5.43 Å². The zero-order valence-corrected chi connectivity index (χ0v) is 16.8. The molecule has 3 aromatic rings. The van der Waals surface area contributed by atoms with Crippen LogP contribution in [-0.4, -0.2) is 30.3 Å². The van der Waals surface area contributed by atoms with Crippen LogP contribution in [-0.2, 0) is 0 Å². The van der Waals surface area contributed by atoms with Crippen molar-refractivity contribution >= 4 is 39.2 Å². The Labute approximate surface area is 176 Å². The van der Waals surface area contributed by atoms with Crippen molar-refractivity contribution in [3.8, 4) is 23.8 Å². The molecule has 152 valence electrons. The van der Waals surface area contributed by atoms with Crippen LogP contribution in [0.3, 0.4) is 0 Å². The molecule has 0 atom stereocenters. The Morgan fingerprint density at radius 3 is 2.83 bits per heavy atom. The van der Waals surface area contributed by atoms with E-state index in [-0.39, 0.29) is 12.3 Å². The lowest BCUT2D eigenvalue weighted by molar-refractivity contribution is -0.384. The maximum absolute atomic E-state index is 12.4. The third kappa shape index (κ3) is 4.92. The van der Waals surface area contributed by atoms with Gasteiger partial charge in [-0.3, -0.25) is 14.9 Å². The molecular weight excluding hydrogens is 406 g/mol. The van der Waals surface area contributed by atoms with Gasteiger partial charge in [0.2, 0.25) is 0 Å². The maximum Gasteiger partial charge on any atom is 0.281 e. The van der Waals surface area contributed by atoms with Crippen molar-refractivity contribution in [3.63, 3.8) is 0 Å². The molecule has 0 fully saturated rings. The van der Waals surface area contributed by atoms with Gasteiger partial charge in [0.25, 0.3) is 11.6 Å². The predicted octanol–water partition coefficient (Wildman–Crippen LogP) is 3.98. The van der Waals surface area contributed by atoms with Crippen LogP contribution in [0.4, 0.5) is 5.69 Å². The number of hydrogen-bond donors (Lipinski definition) is 1. The number of benzene rings is 2. The van der Waals surface area contributed by atoms with Gasteiger partial charge in [0.05, 0.1) is 22.6 Å². The summed E-state index contributed by atoms with van der Waals surface area (Å²) in [5.41, 5.74) is 3.12. The maximum atomic E-state index is 12.4. The van der Waals surface area contributed by atoms with E-state index in [0.717, 1.165) is 4.70 Å². The number of hydrazone groups is 1. The summed E-state index contributed by atoms with van der Waals surface area (Å²) in [6.45, 7) is 2.43. The van der Waals surface area contributed by atoms with Crippen molar-refractivity contribution in [1.29, 1.82) is 0 Å². The molecule has 0 aliphatic heterocycles. The SMILES string of the molecule is C#CCOc1ccc(/C=N\NC(=O)c2cc3cc([N+](=O)[O-])ccc3s2)cc1OCC. The molecule has 1 amide bonds. The van der Waals surface area contributed by atoms with Gasteiger partial charge in [0.1, 0.15) is 6.61 Å². The van der Waals surface area contributed by atoms with Crippen LogP contribution in [0, 0.1) is 22.5 Å². The summed E-state index contributed by atoms with van der Waals surface area (Å²) in [4.78, 5) is 23.2. The summed E-state index contributed by atoms with van der Waals surface area (Å²) in [5, 5.41) is 15.5. The highest BCUT2D eigenvalue weighted by molar-refractivity contribution is 7.20. The molecule has 0 aliphatic rings. The Kier molecular flexibility index (Phi) is 6.62. The molecule has 0 bridgehead atoms. The second-order valence-corrected chi connectivity index (χ2v) is 7.00. The molecule has 0 unspecified atom stereocenters. The minimum atomic E-state index is -0.472. The summed E-state index contributed by atoms with van der Waals surface area (Å²) in [6, 6.07) is 11.3. The number of terminal acetylenes is 1. The fraction of sp³-hybridized carbons (Fsp3) is 0.143. The second kappa shape index (κ2) is 9.54. The number of hydrogen-bond acceptors (Lipinski definition) is 7. The highest BCUT2D eigenvalue weighted by Gasteiger charge is 2.13. The van der Waals surface area contributed by atoms with Gasteiger partial charge in [0, 0.05) is 22.2 Å². The highest BCUT2D eigenvalue weighted by atomic mass is 32.1. The van der Waals surface area contributed by atoms with E-state index in [0.29, 0.717) is 33.9 Å². The highest BCUT2D eigenvalue weighted by Crippen LogP contribution is 2.29. The van der Waals surface area contributed by atoms with Crippen molar-refractivity contribution in [2.45, 2.75) is 6.92 Å². The van der Waals surface area contributed by atoms with Crippen molar-refractivity contribution < 1.29 is 19.2 Å². The summed E-state index contributed by atoms with van der Waals surface area (Å²) < 4.78 is 11.7. The monoisotopic (exact) mass is 423 g/mol. The number of non-ortho nitro benzene ring substituents is 1. The molecule has 0 spiro atoms. The number of nitrogens with one attached hydrogen (secondary N) is 1. The molecule has 1 aromatic heterocycles. The molecule has 9 heteroatoms. The van der Waals surface area contributed by atoms with Crippen LogP contribution < -0.4 is 14.9 Å². The number of thiophene rings is 1. The average molecular weight is 423 g/mol. The third-order valence-corrected chi connectivity index (χ3v) is 5.01. The van der Waals surface area contributed by atoms with Crippen molar-refractivity contribution in [3.05, 3.63) is 63.0 Å². The van der Waals surface area contributed by atoms with Gasteiger partial charge in [-0.2, -0.15) is 5.10 Å². The number of nitro benzene ring substituents is 1. The van der Waals surface area contributed by atoms with E-state index in [1.807, 2.05) is 6.92 Å². The summed E-state index contributed by atoms with van der Waals surface area (Å²) in [5.74, 6) is 3.03. The van der Waals surface area contributed by atoms with Crippen LogP contribution in [0.2, 0.25) is 0 Å². The molecule has 3 rings (SSSR count). The van der Waals surface area contributed by atoms with E-state index in [2.05, 4.69) is 16.4 Å². The largest absolute Gasteiger partial charge is 0.490 e. The minimum Gasteiger partial charge on any atom is -0.490 e. The number of ether oxygens (including phenoxy) is 2. The van der Waals surface area contributed by atoms with Gasteiger partial charge in [-0.25, -0.2) is 5.43 Å². The average Bonchev–Trinajstić information content (AvgIpc) is 3.17. The fourth-order valence-corrected chi connectivity index (χ4v) is 3.52. The second-order valence-electron chi connectivity index (χ2n) is 5.92. The third-order valence-electron chi connectivity index (χ3n) is 3.89. The van der Waals surface area contributed by atoms with Crippen LogP contribution in [0.15, 0.2) is 47.6 Å². The number of nitro groups is 1. The Morgan fingerprint density at radius 1 is 1.27 bits per heavy atom. The van der Waals surface area contributed by atoms with E-state index in [1.54, 1.807) is 30.3 Å². The lowest BCUT2D eigenvalue weighted by Crippen LogP contribution is -2.16. The molecule has 0 saturated carbocycles. The Morgan fingerprint density at radius 2 is 2.10 bits per heavy atom. The quantitative estimate of drug-likeness (QED) is 0.255. The number of carbonyl (C=O) groups excluding carboxylic acids is 1. The lowest BCUT2D eigenvalue weighted by atomic mass is 10.2. The van der Waals surface area contributed by atoms with Crippen LogP contribution in [0.1, 0.15) is 22.2 Å². The zero-order chi connectivity index (χ0) is 21.5. The molecule has 0 saturated heterocycles. The van der Waals surface area contributed by atoms with E-state index in [1.165, 1.54) is 29.7 Å². The number of nitrogens with zero attached hydrogens (tertiary/aromatic N) is 2. The molecule has 8 nitrogen and oxygen atoms in total. The van der Waals surface area contributed by atoms with Gasteiger partial charge < -0.3 is 9.47 Å². The number of rotatable bonds is 8. The van der Waals surface area contributed by atoms with Crippen LogP contribution >= 0.6 is 11.3 Å². The molecule has 0 aliphatic carbocycles. The Balaban J connectivity index is 1.70. The predicted molar refractivity (Wildman–Crippen MR) is 115 cm³/mol. The van der Waals surface area contributed by atoms with Crippen LogP contribution in [0.5, 0.6) is 11.5 Å². The van der Waals surface area contributed by atoms with Gasteiger partial charge in [-0.1, -0.05) is 5.92 Å². The van der Waals surface area contributed by atoms with Gasteiger partial charge in [0.15, 0.2) is 11.5 Å². The molecule has 0 radical (unpaired) electrons. The summed E-state index contributed by atoms with van der Waals surface area (Å²) >= 11 is 1.23. The van der Waals surface area contributed by atoms with Crippen molar-refractivity contribution in [2.24, 2.45) is 5.10 Å². The molecule has 1 heterocycles. The van der Waals surface area contributed by atoms with Gasteiger partial charge >= 0.3 is 0 Å². The zero-order valence-electron chi connectivity index (χ0n) is 16.0. The first kappa shape index (κ1) is 20.8.